The number of aromatic amines is 1. The SMILES string of the molecule is O=c1[nH]oc2c1CC=C2. The van der Waals surface area contributed by atoms with Crippen LogP contribution in [0.25, 0.3) is 6.08 Å². The first-order valence-corrected chi connectivity index (χ1v) is 2.75. The lowest BCUT2D eigenvalue weighted by atomic mass is 10.3. The van der Waals surface area contributed by atoms with Crippen LogP contribution in [-0.4, -0.2) is 5.16 Å². The van der Waals surface area contributed by atoms with Crippen molar-refractivity contribution in [2.45, 2.75) is 6.42 Å². The molecule has 46 valence electrons. The normalized spacial score (nSPS) is 14.2. The lowest BCUT2D eigenvalue weighted by molar-refractivity contribution is 0.407. The minimum absolute atomic E-state index is 0.102. The lowest BCUT2D eigenvalue weighted by Gasteiger charge is -1.74. The summed E-state index contributed by atoms with van der Waals surface area (Å²) >= 11 is 0. The number of rotatable bonds is 0. The van der Waals surface area contributed by atoms with Gasteiger partial charge in [-0.15, -0.1) is 0 Å². The van der Waals surface area contributed by atoms with Crippen LogP contribution in [0.15, 0.2) is 15.4 Å². The summed E-state index contributed by atoms with van der Waals surface area (Å²) in [4.78, 5) is 10.7. The highest BCUT2D eigenvalue weighted by atomic mass is 16.5. The van der Waals surface area contributed by atoms with E-state index in [1.807, 2.05) is 6.08 Å². The molecule has 9 heavy (non-hydrogen) atoms. The molecule has 2 rings (SSSR count). The highest BCUT2D eigenvalue weighted by molar-refractivity contribution is 5.53. The predicted octanol–water partition coefficient (Wildman–Crippen LogP) is 0.537. The van der Waals surface area contributed by atoms with Crippen molar-refractivity contribution in [1.82, 2.24) is 5.16 Å². The second kappa shape index (κ2) is 1.37. The Bertz CT molecular complexity index is 305. The summed E-state index contributed by atoms with van der Waals surface area (Å²) in [7, 11) is 0. The average Bonchev–Trinajstić information content (AvgIpc) is 2.35. The Hall–Kier alpha value is -1.25. The van der Waals surface area contributed by atoms with Crippen LogP contribution in [-0.2, 0) is 6.42 Å². The van der Waals surface area contributed by atoms with Crippen LogP contribution in [0.4, 0.5) is 0 Å². The van der Waals surface area contributed by atoms with Crippen LogP contribution >= 0.6 is 0 Å². The fourth-order valence-electron chi connectivity index (χ4n) is 0.948. The summed E-state index contributed by atoms with van der Waals surface area (Å²) in [6.45, 7) is 0. The maximum Gasteiger partial charge on any atom is 0.284 e. The fraction of sp³-hybridized carbons (Fsp3) is 0.167. The van der Waals surface area contributed by atoms with E-state index in [4.69, 9.17) is 4.52 Å². The van der Waals surface area contributed by atoms with E-state index in [1.165, 1.54) is 0 Å². The van der Waals surface area contributed by atoms with Gasteiger partial charge in [0.05, 0.1) is 5.56 Å². The fourth-order valence-corrected chi connectivity index (χ4v) is 0.948. The maximum atomic E-state index is 10.7. The summed E-state index contributed by atoms with van der Waals surface area (Å²) in [6, 6.07) is 0. The smallest absolute Gasteiger partial charge is 0.284 e. The van der Waals surface area contributed by atoms with Crippen LogP contribution in [0.5, 0.6) is 0 Å². The molecule has 1 N–H and O–H groups in total. The molecule has 1 aromatic rings. The Morgan fingerprint density at radius 1 is 1.67 bits per heavy atom. The van der Waals surface area contributed by atoms with Gasteiger partial charge < -0.3 is 4.52 Å². The van der Waals surface area contributed by atoms with Gasteiger partial charge in [0.15, 0.2) is 5.76 Å². The number of hydrogen-bond donors (Lipinski definition) is 1. The Balaban J connectivity index is 2.79. The number of fused-ring (bicyclic) bond motifs is 1. The number of nitrogens with one attached hydrogen (secondary N) is 1. The number of allylic oxidation sites excluding steroid dienone is 1. The van der Waals surface area contributed by atoms with Gasteiger partial charge in [-0.05, 0) is 6.08 Å². The molecular formula is C6H5NO2. The van der Waals surface area contributed by atoms with E-state index >= 15 is 0 Å². The summed E-state index contributed by atoms with van der Waals surface area (Å²) in [5.74, 6) is 0.681. The van der Waals surface area contributed by atoms with Crippen molar-refractivity contribution in [1.29, 1.82) is 0 Å². The molecule has 3 nitrogen and oxygen atoms in total. The zero-order chi connectivity index (χ0) is 6.27. The zero-order valence-corrected chi connectivity index (χ0v) is 4.68. The quantitative estimate of drug-likeness (QED) is 0.547. The highest BCUT2D eigenvalue weighted by Crippen LogP contribution is 2.13. The van der Waals surface area contributed by atoms with Crippen molar-refractivity contribution >= 4 is 6.08 Å². The van der Waals surface area contributed by atoms with Gasteiger partial charge in [0.2, 0.25) is 0 Å². The van der Waals surface area contributed by atoms with Crippen molar-refractivity contribution in [3.8, 4) is 0 Å². The van der Waals surface area contributed by atoms with Crippen LogP contribution < -0.4 is 5.56 Å². The monoisotopic (exact) mass is 123 g/mol. The molecule has 0 radical (unpaired) electrons. The van der Waals surface area contributed by atoms with Gasteiger partial charge in [-0.2, -0.15) is 5.16 Å². The number of hydrogen-bond acceptors (Lipinski definition) is 2. The maximum absolute atomic E-state index is 10.7. The molecule has 1 aromatic heterocycles. The average molecular weight is 123 g/mol. The van der Waals surface area contributed by atoms with Crippen molar-refractivity contribution in [2.24, 2.45) is 0 Å². The van der Waals surface area contributed by atoms with E-state index < -0.39 is 0 Å². The molecular weight excluding hydrogens is 118 g/mol. The highest BCUT2D eigenvalue weighted by Gasteiger charge is 2.12. The summed E-state index contributed by atoms with van der Waals surface area (Å²) in [5.41, 5.74) is 0.644. The topological polar surface area (TPSA) is 46.0 Å². The molecule has 0 unspecified atom stereocenters. The number of aromatic nitrogens is 1. The van der Waals surface area contributed by atoms with E-state index in [9.17, 15) is 4.79 Å². The van der Waals surface area contributed by atoms with E-state index in [-0.39, 0.29) is 5.56 Å². The van der Waals surface area contributed by atoms with E-state index in [2.05, 4.69) is 5.16 Å². The second-order valence-corrected chi connectivity index (χ2v) is 1.98. The van der Waals surface area contributed by atoms with E-state index in [0.717, 1.165) is 5.56 Å². The lowest BCUT2D eigenvalue weighted by Crippen LogP contribution is -2.02. The third-order valence-corrected chi connectivity index (χ3v) is 1.42. The Labute approximate surface area is 51.0 Å². The standard InChI is InChI=1S/C6H5NO2/c8-6-4-2-1-3-5(4)9-7-6/h1,3H,2H2,(H,7,8). The molecule has 1 aliphatic rings. The first-order valence-electron chi connectivity index (χ1n) is 2.75. The van der Waals surface area contributed by atoms with Gasteiger partial charge in [0, 0.05) is 6.42 Å². The molecule has 0 fully saturated rings. The molecule has 0 saturated heterocycles. The molecule has 0 bridgehead atoms. The van der Waals surface area contributed by atoms with Gasteiger partial charge >= 0.3 is 0 Å². The number of H-pyrrole nitrogens is 1. The molecule has 1 aliphatic carbocycles. The molecule has 0 aliphatic heterocycles. The van der Waals surface area contributed by atoms with Crippen molar-refractivity contribution in [3.05, 3.63) is 27.8 Å². The minimum Gasteiger partial charge on any atom is -0.379 e. The van der Waals surface area contributed by atoms with Crippen LogP contribution in [0.2, 0.25) is 0 Å². The Kier molecular flexibility index (Phi) is 0.704. The first-order chi connectivity index (χ1) is 4.38. The minimum atomic E-state index is -0.102. The summed E-state index contributed by atoms with van der Waals surface area (Å²) in [5, 5.41) is 2.26. The van der Waals surface area contributed by atoms with Crippen molar-refractivity contribution in [2.75, 3.05) is 0 Å². The van der Waals surface area contributed by atoms with Gasteiger partial charge in [-0.1, -0.05) is 6.08 Å². The Morgan fingerprint density at radius 3 is 3.33 bits per heavy atom. The summed E-state index contributed by atoms with van der Waals surface area (Å²) in [6.07, 6.45) is 4.41. The molecule has 3 heteroatoms. The van der Waals surface area contributed by atoms with Crippen LogP contribution in [0, 0.1) is 0 Å². The van der Waals surface area contributed by atoms with Gasteiger partial charge in [0.25, 0.3) is 5.56 Å². The zero-order valence-electron chi connectivity index (χ0n) is 4.68. The van der Waals surface area contributed by atoms with E-state index in [1.54, 1.807) is 6.08 Å². The molecule has 0 amide bonds. The third-order valence-electron chi connectivity index (χ3n) is 1.42. The third kappa shape index (κ3) is 0.483. The molecule has 1 heterocycles. The molecule has 0 spiro atoms. The van der Waals surface area contributed by atoms with Gasteiger partial charge in [0.1, 0.15) is 0 Å². The first kappa shape index (κ1) is 4.61. The van der Waals surface area contributed by atoms with E-state index in [0.29, 0.717) is 12.2 Å². The largest absolute Gasteiger partial charge is 0.379 e. The molecule has 0 aromatic carbocycles. The van der Waals surface area contributed by atoms with Gasteiger partial charge in [-0.3, -0.25) is 4.79 Å². The van der Waals surface area contributed by atoms with Crippen molar-refractivity contribution in [3.63, 3.8) is 0 Å². The van der Waals surface area contributed by atoms with Crippen LogP contribution in [0.1, 0.15) is 11.3 Å². The van der Waals surface area contributed by atoms with Crippen molar-refractivity contribution < 1.29 is 4.52 Å². The second-order valence-electron chi connectivity index (χ2n) is 1.98. The summed E-state index contributed by atoms with van der Waals surface area (Å²) < 4.78 is 4.78. The van der Waals surface area contributed by atoms with Crippen LogP contribution in [0.3, 0.4) is 0 Å². The molecule has 0 saturated carbocycles. The molecule has 0 atom stereocenters. The Morgan fingerprint density at radius 2 is 2.56 bits per heavy atom. The predicted molar refractivity (Wildman–Crippen MR) is 32.1 cm³/mol. The van der Waals surface area contributed by atoms with Gasteiger partial charge in [-0.25, -0.2) is 0 Å².